The van der Waals surface area contributed by atoms with Gasteiger partial charge in [0.1, 0.15) is 0 Å². The van der Waals surface area contributed by atoms with E-state index in [2.05, 4.69) is 26.0 Å². The smallest absolute Gasteiger partial charge is 1.00 e. The summed E-state index contributed by atoms with van der Waals surface area (Å²) in [5.74, 6) is 0. The van der Waals surface area contributed by atoms with Gasteiger partial charge < -0.3 is 34.0 Å². The van der Waals surface area contributed by atoms with E-state index in [1.165, 1.54) is 12.8 Å². The van der Waals surface area contributed by atoms with Gasteiger partial charge in [0.15, 0.2) is 0 Å². The van der Waals surface area contributed by atoms with Gasteiger partial charge in [-0.25, -0.2) is 0 Å². The largest absolute Gasteiger partial charge is 2.00 e. The third kappa shape index (κ3) is 26.5. The molecule has 0 aromatic heterocycles. The molecule has 0 rings (SSSR count). The van der Waals surface area contributed by atoms with Gasteiger partial charge in [-0.3, -0.25) is 0 Å². The molecule has 0 heterocycles. The van der Waals surface area contributed by atoms with Gasteiger partial charge in [0.2, 0.25) is 0 Å². The van der Waals surface area contributed by atoms with E-state index in [1.807, 2.05) is 0 Å². The molecule has 0 saturated carbocycles. The summed E-state index contributed by atoms with van der Waals surface area (Å²) >= 11 is 0. The molecule has 0 saturated heterocycles. The first-order valence-electron chi connectivity index (χ1n) is 2.56. The van der Waals surface area contributed by atoms with E-state index in [1.54, 1.807) is 0 Å². The van der Waals surface area contributed by atoms with Crippen LogP contribution in [0, 0.1) is 0 Å². The maximum atomic E-state index is 2.18. The first-order valence-corrected chi connectivity index (χ1v) is 2.56. The normalized spacial score (nSPS) is 6.89. The van der Waals surface area contributed by atoms with Crippen molar-refractivity contribution in [3.05, 3.63) is 12.2 Å². The number of hydrogen-bond acceptors (Lipinski definition) is 0. The first-order chi connectivity index (χ1) is 2.91. The average molecular weight is 268 g/mol. The van der Waals surface area contributed by atoms with Crippen LogP contribution in [0.5, 0.6) is 0 Å². The minimum Gasteiger partial charge on any atom is -1.00 e. The second-order valence-electron chi connectivity index (χ2n) is 1.29. The fourth-order valence-corrected chi connectivity index (χ4v) is 0.333. The van der Waals surface area contributed by atoms with Crippen LogP contribution in [-0.2, 0) is 0 Å². The molecule has 52 valence electrons. The quantitative estimate of drug-likeness (QED) is 0.354. The summed E-state index contributed by atoms with van der Waals surface area (Å²) in [6, 6.07) is 0. The number of rotatable bonds is 2. The predicted molar refractivity (Wildman–Crippen MR) is 35.5 cm³/mol. The van der Waals surface area contributed by atoms with Crippen molar-refractivity contribution in [1.82, 2.24) is 0 Å². The Morgan fingerprint density at radius 1 is 0.889 bits per heavy atom. The van der Waals surface area contributed by atoms with Crippen LogP contribution in [0.3, 0.4) is 0 Å². The predicted octanol–water partition coefficient (Wildman–Crippen LogP) is -4.01. The van der Waals surface area contributed by atoms with Crippen molar-refractivity contribution in [1.29, 1.82) is 0 Å². The minimum atomic E-state index is 0. The fraction of sp³-hybridized carbons (Fsp3) is 0.667. The van der Waals surface area contributed by atoms with Crippen LogP contribution in [-0.4, -0.2) is 23.1 Å². The molecule has 0 nitrogen and oxygen atoms in total. The number of halogens is 2. The molecule has 0 atom stereocenters. The molecule has 3 heteroatoms. The van der Waals surface area contributed by atoms with Crippen LogP contribution < -0.4 is 34.0 Å². The van der Waals surface area contributed by atoms with Crippen LogP contribution in [0.2, 0.25) is 0 Å². The molecule has 0 bridgehead atoms. The third-order valence-electron chi connectivity index (χ3n) is 0.638. The summed E-state index contributed by atoms with van der Waals surface area (Å²) in [7, 11) is 0. The van der Waals surface area contributed by atoms with Crippen LogP contribution in [0.1, 0.15) is 26.7 Å². The monoisotopic (exact) mass is 266 g/mol. The Bertz CT molecular complexity index is 40.3. The molecule has 0 radical (unpaired) electrons. The van der Waals surface area contributed by atoms with E-state index < -0.39 is 0 Å². The topological polar surface area (TPSA) is 0 Å². The summed E-state index contributed by atoms with van der Waals surface area (Å²) in [6.45, 7) is 4.29. The Labute approximate surface area is 95.2 Å². The van der Waals surface area contributed by atoms with Gasteiger partial charge in [-0.05, 0) is 12.8 Å². The van der Waals surface area contributed by atoms with E-state index in [9.17, 15) is 0 Å². The van der Waals surface area contributed by atoms with Crippen molar-refractivity contribution in [2.24, 2.45) is 0 Å². The molecule has 0 unspecified atom stereocenters. The number of allylic oxidation sites excluding steroid dienone is 2. The van der Waals surface area contributed by atoms with E-state index in [-0.39, 0.29) is 57.0 Å². The summed E-state index contributed by atoms with van der Waals surface area (Å²) in [6.07, 6.45) is 6.71. The summed E-state index contributed by atoms with van der Waals surface area (Å²) < 4.78 is 0. The summed E-state index contributed by atoms with van der Waals surface area (Å²) in [4.78, 5) is 0. The van der Waals surface area contributed by atoms with Crippen molar-refractivity contribution in [2.75, 3.05) is 0 Å². The standard InChI is InChI=1S/C6H12.2BrH.Mg/c1-3-5-6-4-2;;;/h5-6H,3-4H2,1-2H3;2*1H;/q;;;+2/p-2/b6-5+;;;. The zero-order valence-corrected chi connectivity index (χ0v) is 10.6. The molecule has 0 fully saturated rings. The van der Waals surface area contributed by atoms with Gasteiger partial charge in [0.25, 0.3) is 0 Å². The molecule has 0 amide bonds. The van der Waals surface area contributed by atoms with E-state index in [0.717, 1.165) is 0 Å². The Kier molecular flexibility index (Phi) is 56.6. The maximum absolute atomic E-state index is 2.18. The van der Waals surface area contributed by atoms with Crippen LogP contribution >= 0.6 is 0 Å². The Balaban J connectivity index is -0.0000000417. The zero-order valence-electron chi connectivity index (χ0n) is 6.03. The van der Waals surface area contributed by atoms with E-state index >= 15 is 0 Å². The summed E-state index contributed by atoms with van der Waals surface area (Å²) in [5.41, 5.74) is 0. The van der Waals surface area contributed by atoms with Crippen molar-refractivity contribution in [2.45, 2.75) is 26.7 Å². The van der Waals surface area contributed by atoms with Gasteiger partial charge in [-0.1, -0.05) is 26.0 Å². The first kappa shape index (κ1) is 22.4. The zero-order chi connectivity index (χ0) is 4.83. The van der Waals surface area contributed by atoms with E-state index in [0.29, 0.717) is 0 Å². The van der Waals surface area contributed by atoms with Crippen molar-refractivity contribution in [3.63, 3.8) is 0 Å². The molecule has 0 aromatic rings. The van der Waals surface area contributed by atoms with E-state index in [4.69, 9.17) is 0 Å². The van der Waals surface area contributed by atoms with Crippen molar-refractivity contribution < 1.29 is 34.0 Å². The molecular formula is C6H12Br2Mg. The SMILES string of the molecule is CC/C=C/CC.[Br-].[Br-].[Mg+2]. The second-order valence-corrected chi connectivity index (χ2v) is 1.29. The molecule has 0 aliphatic heterocycles. The van der Waals surface area contributed by atoms with Crippen molar-refractivity contribution in [3.8, 4) is 0 Å². The molecular weight excluding hydrogens is 256 g/mol. The van der Waals surface area contributed by atoms with Gasteiger partial charge in [0.05, 0.1) is 0 Å². The maximum Gasteiger partial charge on any atom is 2.00 e. The summed E-state index contributed by atoms with van der Waals surface area (Å²) in [5, 5.41) is 0. The molecule has 0 spiro atoms. The molecule has 0 aliphatic rings. The Hall–Kier alpha value is 1.47. The number of hydrogen-bond donors (Lipinski definition) is 0. The van der Waals surface area contributed by atoms with Gasteiger partial charge in [0, 0.05) is 0 Å². The minimum absolute atomic E-state index is 0. The molecule has 0 aromatic carbocycles. The average Bonchev–Trinajstić information content (AvgIpc) is 1.61. The Morgan fingerprint density at radius 2 is 1.11 bits per heavy atom. The van der Waals surface area contributed by atoms with Crippen LogP contribution in [0.15, 0.2) is 12.2 Å². The van der Waals surface area contributed by atoms with Crippen molar-refractivity contribution >= 4 is 23.1 Å². The van der Waals surface area contributed by atoms with Gasteiger partial charge in [-0.2, -0.15) is 0 Å². The second kappa shape index (κ2) is 22.7. The third-order valence-corrected chi connectivity index (χ3v) is 0.638. The Morgan fingerprint density at radius 3 is 1.22 bits per heavy atom. The molecule has 0 aliphatic carbocycles. The molecule has 0 N–H and O–H groups in total. The molecule has 9 heavy (non-hydrogen) atoms. The van der Waals surface area contributed by atoms with Gasteiger partial charge >= 0.3 is 23.1 Å². The van der Waals surface area contributed by atoms with Gasteiger partial charge in [-0.15, -0.1) is 0 Å². The van der Waals surface area contributed by atoms with Crippen LogP contribution in [0.4, 0.5) is 0 Å². The fourth-order valence-electron chi connectivity index (χ4n) is 0.333. The van der Waals surface area contributed by atoms with Crippen LogP contribution in [0.25, 0.3) is 0 Å².